The predicted octanol–water partition coefficient (Wildman–Crippen LogP) is -1.19. The highest BCUT2D eigenvalue weighted by atomic mass is 16.6. The number of hydrazine groups is 2. The van der Waals surface area contributed by atoms with Gasteiger partial charge in [0.2, 0.25) is 0 Å². The Hall–Kier alpha value is -3.06. The molecule has 3 saturated heterocycles. The van der Waals surface area contributed by atoms with Gasteiger partial charge >= 0.3 is 11.8 Å². The van der Waals surface area contributed by atoms with Crippen molar-refractivity contribution in [2.75, 3.05) is 52.4 Å². The van der Waals surface area contributed by atoms with E-state index in [-0.39, 0.29) is 49.2 Å². The molecule has 3 aliphatic heterocycles. The van der Waals surface area contributed by atoms with Crippen molar-refractivity contribution in [3.63, 3.8) is 0 Å². The summed E-state index contributed by atoms with van der Waals surface area (Å²) < 4.78 is 0. The third kappa shape index (κ3) is 4.52. The zero-order valence-electron chi connectivity index (χ0n) is 14.1. The fourth-order valence-corrected chi connectivity index (χ4v) is 2.93. The topological polar surface area (TPSA) is 170 Å². The van der Waals surface area contributed by atoms with Crippen molar-refractivity contribution >= 4 is 11.8 Å². The van der Waals surface area contributed by atoms with Gasteiger partial charge in [0.1, 0.15) is 0 Å². The molecule has 2 amide bonds. The van der Waals surface area contributed by atoms with E-state index in [2.05, 4.69) is 10.6 Å². The van der Waals surface area contributed by atoms with Crippen molar-refractivity contribution in [1.29, 1.82) is 0 Å². The Kier molecular flexibility index (Phi) is 6.57. The molecule has 0 atom stereocenters. The first-order valence-corrected chi connectivity index (χ1v) is 8.17. The molecule has 3 rings (SSSR count). The average molecular weight is 372 g/mol. The first kappa shape index (κ1) is 19.3. The molecular formula is C12H20N8O6-2. The molecule has 0 saturated carbocycles. The monoisotopic (exact) mass is 372 g/mol. The molecule has 2 bridgehead atoms. The molecule has 0 aromatic heterocycles. The van der Waals surface area contributed by atoms with E-state index < -0.39 is 11.8 Å². The van der Waals surface area contributed by atoms with Crippen LogP contribution in [-0.4, -0.2) is 93.9 Å². The lowest BCUT2D eigenvalue weighted by molar-refractivity contribution is -0.707. The second-order valence-corrected chi connectivity index (χ2v) is 5.87. The first-order valence-electron chi connectivity index (χ1n) is 8.17. The number of carbonyl (C=O) groups excluding carboxylic acids is 2. The molecule has 0 aliphatic carbocycles. The molecule has 3 fully saturated rings. The van der Waals surface area contributed by atoms with Crippen LogP contribution in [0.2, 0.25) is 0 Å². The van der Waals surface area contributed by atoms with Gasteiger partial charge in [-0.05, 0) is 23.4 Å². The Morgan fingerprint density at radius 3 is 1.38 bits per heavy atom. The molecule has 3 aliphatic rings. The van der Waals surface area contributed by atoms with Gasteiger partial charge in [-0.2, -0.15) is 0 Å². The van der Waals surface area contributed by atoms with E-state index in [4.69, 9.17) is 0 Å². The quantitative estimate of drug-likeness (QED) is 0.252. The van der Waals surface area contributed by atoms with Crippen LogP contribution >= 0.6 is 0 Å². The zero-order chi connectivity index (χ0) is 19.1. The average Bonchev–Trinajstić information content (AvgIpc) is 2.65. The van der Waals surface area contributed by atoms with Crippen LogP contribution in [0.15, 0.2) is 10.6 Å². The van der Waals surface area contributed by atoms with E-state index in [1.165, 1.54) is 9.80 Å². The minimum absolute atomic E-state index is 0.0416. The van der Waals surface area contributed by atoms with Crippen LogP contribution < -0.4 is 0 Å². The van der Waals surface area contributed by atoms with Gasteiger partial charge in [0.15, 0.2) is 0 Å². The number of nitrogens with zero attached hydrogens (tertiary/aromatic N) is 8. The first-order chi connectivity index (χ1) is 12.5. The van der Waals surface area contributed by atoms with Gasteiger partial charge in [-0.3, -0.25) is 9.59 Å². The number of hydrogen-bond donors (Lipinski definition) is 0. The summed E-state index contributed by atoms with van der Waals surface area (Å²) in [6.07, 6.45) is 0.639. The Morgan fingerprint density at radius 1 is 0.654 bits per heavy atom. The van der Waals surface area contributed by atoms with Gasteiger partial charge in [-0.25, -0.2) is 0 Å². The summed E-state index contributed by atoms with van der Waals surface area (Å²) in [4.78, 5) is 26.8. The summed E-state index contributed by atoms with van der Waals surface area (Å²) >= 11 is 0. The molecule has 14 heteroatoms. The van der Waals surface area contributed by atoms with Gasteiger partial charge in [-0.1, -0.05) is 0 Å². The van der Waals surface area contributed by atoms with E-state index >= 15 is 0 Å². The lowest BCUT2D eigenvalue weighted by Crippen LogP contribution is -2.55. The largest absolute Gasteiger partial charge is 0.737 e. The Bertz CT molecular complexity index is 534. The summed E-state index contributed by atoms with van der Waals surface area (Å²) in [7, 11) is 0. The standard InChI is InChI=1S/C12H22N8O6/c21-11-12(22)16-4-2-6-18(20(26)14-24)10-9-17(19(25)13-23)5-1-3-15(11)7-8-16/h23-24H,1-10H2/p-2/b19-13-,20-14-. The Labute approximate surface area is 148 Å². The summed E-state index contributed by atoms with van der Waals surface area (Å²) in [6, 6.07) is 0. The molecule has 0 N–H and O–H groups in total. The molecule has 0 aromatic rings. The van der Waals surface area contributed by atoms with Crippen LogP contribution in [0.1, 0.15) is 12.8 Å². The molecule has 0 radical (unpaired) electrons. The smallest absolute Gasteiger partial charge is 0.312 e. The van der Waals surface area contributed by atoms with Gasteiger partial charge in [0, 0.05) is 36.1 Å². The highest BCUT2D eigenvalue weighted by Crippen LogP contribution is 2.09. The highest BCUT2D eigenvalue weighted by molar-refractivity contribution is 6.35. The van der Waals surface area contributed by atoms with Crippen molar-refractivity contribution < 1.29 is 19.5 Å². The van der Waals surface area contributed by atoms with E-state index in [9.17, 15) is 30.4 Å². The van der Waals surface area contributed by atoms with Crippen molar-refractivity contribution in [3.05, 3.63) is 20.8 Å². The van der Waals surface area contributed by atoms with Crippen molar-refractivity contribution in [2.45, 2.75) is 12.8 Å². The molecule has 0 aromatic carbocycles. The van der Waals surface area contributed by atoms with Crippen LogP contribution in [0.4, 0.5) is 0 Å². The number of fused-ring (bicyclic) bond motifs is 11. The van der Waals surface area contributed by atoms with Gasteiger partial charge in [0.25, 0.3) is 0 Å². The van der Waals surface area contributed by atoms with Gasteiger partial charge < -0.3 is 30.6 Å². The van der Waals surface area contributed by atoms with E-state index in [0.717, 1.165) is 10.0 Å². The summed E-state index contributed by atoms with van der Waals surface area (Å²) in [5, 5.41) is 50.8. The second kappa shape index (κ2) is 8.87. The Morgan fingerprint density at radius 2 is 1.04 bits per heavy atom. The molecule has 26 heavy (non-hydrogen) atoms. The second-order valence-electron chi connectivity index (χ2n) is 5.87. The molecular weight excluding hydrogens is 352 g/mol. The van der Waals surface area contributed by atoms with Gasteiger partial charge in [-0.15, -0.1) is 10.0 Å². The number of rotatable bonds is 2. The van der Waals surface area contributed by atoms with Crippen molar-refractivity contribution in [2.24, 2.45) is 10.6 Å². The fourth-order valence-electron chi connectivity index (χ4n) is 2.93. The van der Waals surface area contributed by atoms with E-state index in [0.29, 0.717) is 25.9 Å². The van der Waals surface area contributed by atoms with E-state index in [1.807, 2.05) is 0 Å². The summed E-state index contributed by atoms with van der Waals surface area (Å²) in [5.41, 5.74) is 0. The van der Waals surface area contributed by atoms with E-state index in [1.54, 1.807) is 0 Å². The zero-order valence-corrected chi connectivity index (χ0v) is 14.1. The Balaban J connectivity index is 2.16. The number of piperazine rings is 1. The minimum Gasteiger partial charge on any atom is -0.737 e. The van der Waals surface area contributed by atoms with Crippen molar-refractivity contribution in [3.8, 4) is 0 Å². The van der Waals surface area contributed by atoms with Crippen LogP contribution in [0.5, 0.6) is 0 Å². The molecule has 0 spiro atoms. The highest BCUT2D eigenvalue weighted by Gasteiger charge is 2.32. The molecule has 14 nitrogen and oxygen atoms in total. The predicted molar refractivity (Wildman–Crippen MR) is 84.4 cm³/mol. The summed E-state index contributed by atoms with van der Waals surface area (Å²) in [5.74, 6) is -1.24. The molecule has 0 unspecified atom stereocenters. The minimum atomic E-state index is -0.621. The van der Waals surface area contributed by atoms with Crippen molar-refractivity contribution in [1.82, 2.24) is 19.8 Å². The molecule has 3 heterocycles. The van der Waals surface area contributed by atoms with Gasteiger partial charge in [0.05, 0.1) is 26.2 Å². The number of carbonyl (C=O) groups is 2. The fraction of sp³-hybridized carbons (Fsp3) is 0.833. The number of amides is 2. The SMILES string of the molecule is O=C1C(=O)N2CCCN(/[N+]([O-])=N/[O-])CCN(/[N+]([O-])=N/[O-])CCCN1CC2. The summed E-state index contributed by atoms with van der Waals surface area (Å²) in [6.45, 7) is 1.30. The van der Waals surface area contributed by atoms with Crippen LogP contribution in [0.3, 0.4) is 0 Å². The maximum atomic E-state index is 12.1. The third-order valence-electron chi connectivity index (χ3n) is 4.33. The normalized spacial score (nSPS) is 22.0. The van der Waals surface area contributed by atoms with Crippen LogP contribution in [-0.2, 0) is 9.59 Å². The maximum absolute atomic E-state index is 12.1. The molecule has 146 valence electrons. The van der Waals surface area contributed by atoms with Crippen LogP contribution in [0.25, 0.3) is 0 Å². The lowest BCUT2D eigenvalue weighted by atomic mass is 10.2. The lowest BCUT2D eigenvalue weighted by Gasteiger charge is -2.34. The number of hydrogen-bond acceptors (Lipinski definition) is 8. The van der Waals surface area contributed by atoms with Crippen LogP contribution in [0, 0.1) is 20.8 Å². The third-order valence-corrected chi connectivity index (χ3v) is 4.33. The maximum Gasteiger partial charge on any atom is 0.312 e.